The standard InChI is InChI=1S/C15H15N3O2/c1-19-12-5-6-14(13(16)8-12)20-10-11-9-18-7-3-2-4-15(18)17-11/h2-9H,10,16H2,1H3. The number of nitrogens with two attached hydrogens (primary N) is 1. The second kappa shape index (κ2) is 5.13. The van der Waals surface area contributed by atoms with Gasteiger partial charge in [-0.1, -0.05) is 6.07 Å². The Bertz CT molecular complexity index is 704. The van der Waals surface area contributed by atoms with E-state index < -0.39 is 0 Å². The Morgan fingerprint density at radius 3 is 2.90 bits per heavy atom. The Hall–Kier alpha value is -2.69. The van der Waals surface area contributed by atoms with Crippen LogP contribution >= 0.6 is 0 Å². The van der Waals surface area contributed by atoms with Crippen LogP contribution in [0.2, 0.25) is 0 Å². The number of rotatable bonds is 4. The highest BCUT2D eigenvalue weighted by atomic mass is 16.5. The molecule has 0 aliphatic heterocycles. The Kier molecular flexibility index (Phi) is 3.16. The fourth-order valence-electron chi connectivity index (χ4n) is 1.99. The van der Waals surface area contributed by atoms with Crippen molar-refractivity contribution < 1.29 is 9.47 Å². The molecule has 0 aliphatic carbocycles. The van der Waals surface area contributed by atoms with E-state index >= 15 is 0 Å². The number of fused-ring (bicyclic) bond motifs is 1. The summed E-state index contributed by atoms with van der Waals surface area (Å²) in [6.45, 7) is 0.373. The molecule has 102 valence electrons. The molecule has 0 saturated carbocycles. The fourth-order valence-corrected chi connectivity index (χ4v) is 1.99. The van der Waals surface area contributed by atoms with Crippen molar-refractivity contribution in [2.24, 2.45) is 0 Å². The summed E-state index contributed by atoms with van der Waals surface area (Å²) >= 11 is 0. The minimum absolute atomic E-state index is 0.373. The van der Waals surface area contributed by atoms with Gasteiger partial charge >= 0.3 is 0 Å². The van der Waals surface area contributed by atoms with E-state index in [9.17, 15) is 0 Å². The minimum Gasteiger partial charge on any atom is -0.497 e. The maximum Gasteiger partial charge on any atom is 0.143 e. The third-order valence-corrected chi connectivity index (χ3v) is 3.01. The van der Waals surface area contributed by atoms with Crippen molar-refractivity contribution >= 4 is 11.3 Å². The molecule has 20 heavy (non-hydrogen) atoms. The van der Waals surface area contributed by atoms with Gasteiger partial charge in [0.1, 0.15) is 23.8 Å². The Labute approximate surface area is 116 Å². The number of pyridine rings is 1. The Morgan fingerprint density at radius 1 is 1.25 bits per heavy atom. The number of aromatic nitrogens is 2. The van der Waals surface area contributed by atoms with Crippen LogP contribution in [0, 0.1) is 0 Å². The number of nitrogen functional groups attached to an aromatic ring is 1. The predicted octanol–water partition coefficient (Wildman–Crippen LogP) is 2.50. The monoisotopic (exact) mass is 269 g/mol. The number of hydrogen-bond acceptors (Lipinski definition) is 4. The number of imidazole rings is 1. The van der Waals surface area contributed by atoms with Crippen molar-refractivity contribution in [2.75, 3.05) is 12.8 Å². The third-order valence-electron chi connectivity index (χ3n) is 3.01. The quantitative estimate of drug-likeness (QED) is 0.739. The molecule has 2 N–H and O–H groups in total. The maximum atomic E-state index is 5.91. The molecule has 2 heterocycles. The zero-order valence-electron chi connectivity index (χ0n) is 11.1. The molecule has 0 saturated heterocycles. The second-order valence-corrected chi connectivity index (χ2v) is 4.39. The third kappa shape index (κ3) is 2.38. The van der Waals surface area contributed by atoms with E-state index in [2.05, 4.69) is 4.98 Å². The number of ether oxygens (including phenoxy) is 2. The Balaban J connectivity index is 1.75. The van der Waals surface area contributed by atoms with Gasteiger partial charge in [0, 0.05) is 18.5 Å². The fraction of sp³-hybridized carbons (Fsp3) is 0.133. The number of methoxy groups -OCH3 is 1. The summed E-state index contributed by atoms with van der Waals surface area (Å²) < 4.78 is 12.8. The summed E-state index contributed by atoms with van der Waals surface area (Å²) in [4.78, 5) is 4.46. The summed E-state index contributed by atoms with van der Waals surface area (Å²) in [6, 6.07) is 11.2. The molecule has 3 rings (SSSR count). The number of anilines is 1. The van der Waals surface area contributed by atoms with Crippen molar-refractivity contribution in [1.82, 2.24) is 9.38 Å². The van der Waals surface area contributed by atoms with Gasteiger partial charge in [0.25, 0.3) is 0 Å². The van der Waals surface area contributed by atoms with Crippen molar-refractivity contribution in [3.63, 3.8) is 0 Å². The molecular weight excluding hydrogens is 254 g/mol. The molecule has 5 nitrogen and oxygen atoms in total. The lowest BCUT2D eigenvalue weighted by Crippen LogP contribution is -1.99. The summed E-state index contributed by atoms with van der Waals surface area (Å²) in [6.07, 6.45) is 3.89. The van der Waals surface area contributed by atoms with Crippen LogP contribution in [0.15, 0.2) is 48.8 Å². The molecule has 0 radical (unpaired) electrons. The molecular formula is C15H15N3O2. The zero-order chi connectivity index (χ0) is 13.9. The van der Waals surface area contributed by atoms with Gasteiger partial charge in [0.15, 0.2) is 0 Å². The van der Waals surface area contributed by atoms with Gasteiger partial charge in [-0.15, -0.1) is 0 Å². The van der Waals surface area contributed by atoms with Gasteiger partial charge in [0.2, 0.25) is 0 Å². The van der Waals surface area contributed by atoms with Crippen molar-refractivity contribution in [3.05, 3.63) is 54.5 Å². The van der Waals surface area contributed by atoms with Crippen LogP contribution in [-0.4, -0.2) is 16.5 Å². The molecule has 0 amide bonds. The lowest BCUT2D eigenvalue weighted by atomic mass is 10.3. The molecule has 0 fully saturated rings. The first-order valence-electron chi connectivity index (χ1n) is 6.25. The first-order chi connectivity index (χ1) is 9.76. The van der Waals surface area contributed by atoms with E-state index in [1.165, 1.54) is 0 Å². The SMILES string of the molecule is COc1ccc(OCc2cn3ccccc3n2)c(N)c1. The average Bonchev–Trinajstić information content (AvgIpc) is 2.88. The van der Waals surface area contributed by atoms with Crippen LogP contribution in [0.5, 0.6) is 11.5 Å². The summed E-state index contributed by atoms with van der Waals surface area (Å²) in [5.41, 5.74) is 8.20. The average molecular weight is 269 g/mol. The molecule has 5 heteroatoms. The van der Waals surface area contributed by atoms with E-state index in [1.807, 2.05) is 41.1 Å². The van der Waals surface area contributed by atoms with Crippen LogP contribution in [-0.2, 0) is 6.61 Å². The molecule has 2 aromatic heterocycles. The topological polar surface area (TPSA) is 61.8 Å². The van der Waals surface area contributed by atoms with Crippen molar-refractivity contribution in [2.45, 2.75) is 6.61 Å². The summed E-state index contributed by atoms with van der Waals surface area (Å²) in [7, 11) is 1.60. The molecule has 0 atom stereocenters. The molecule has 0 spiro atoms. The van der Waals surface area contributed by atoms with Gasteiger partial charge in [-0.2, -0.15) is 0 Å². The van der Waals surface area contributed by atoms with Crippen molar-refractivity contribution in [1.29, 1.82) is 0 Å². The van der Waals surface area contributed by atoms with E-state index in [0.717, 1.165) is 11.3 Å². The highest BCUT2D eigenvalue weighted by Crippen LogP contribution is 2.26. The zero-order valence-corrected chi connectivity index (χ0v) is 11.1. The molecule has 3 aromatic rings. The van der Waals surface area contributed by atoms with E-state index in [4.69, 9.17) is 15.2 Å². The molecule has 0 unspecified atom stereocenters. The second-order valence-electron chi connectivity index (χ2n) is 4.39. The first kappa shape index (κ1) is 12.3. The highest BCUT2D eigenvalue weighted by molar-refractivity contribution is 5.56. The highest BCUT2D eigenvalue weighted by Gasteiger charge is 2.05. The van der Waals surface area contributed by atoms with Crippen LogP contribution < -0.4 is 15.2 Å². The van der Waals surface area contributed by atoms with Gasteiger partial charge in [-0.3, -0.25) is 0 Å². The van der Waals surface area contributed by atoms with E-state index in [0.29, 0.717) is 23.8 Å². The first-order valence-corrected chi connectivity index (χ1v) is 6.25. The van der Waals surface area contributed by atoms with Gasteiger partial charge in [-0.25, -0.2) is 4.98 Å². The maximum absolute atomic E-state index is 5.91. The van der Waals surface area contributed by atoms with Gasteiger partial charge in [-0.05, 0) is 24.3 Å². The van der Waals surface area contributed by atoms with E-state index in [1.54, 1.807) is 19.2 Å². The van der Waals surface area contributed by atoms with Crippen LogP contribution in [0.4, 0.5) is 5.69 Å². The number of hydrogen-bond donors (Lipinski definition) is 1. The lowest BCUT2D eigenvalue weighted by Gasteiger charge is -2.08. The van der Waals surface area contributed by atoms with Crippen LogP contribution in [0.25, 0.3) is 5.65 Å². The van der Waals surface area contributed by atoms with E-state index in [-0.39, 0.29) is 0 Å². The smallest absolute Gasteiger partial charge is 0.143 e. The molecule has 1 aromatic carbocycles. The van der Waals surface area contributed by atoms with Crippen LogP contribution in [0.3, 0.4) is 0 Å². The van der Waals surface area contributed by atoms with Crippen LogP contribution in [0.1, 0.15) is 5.69 Å². The molecule has 0 aliphatic rings. The normalized spacial score (nSPS) is 10.7. The largest absolute Gasteiger partial charge is 0.497 e. The van der Waals surface area contributed by atoms with Gasteiger partial charge in [0.05, 0.1) is 18.5 Å². The molecule has 0 bridgehead atoms. The Morgan fingerprint density at radius 2 is 2.15 bits per heavy atom. The summed E-state index contributed by atoms with van der Waals surface area (Å²) in [5, 5.41) is 0. The lowest BCUT2D eigenvalue weighted by molar-refractivity contribution is 0.303. The predicted molar refractivity (Wildman–Crippen MR) is 76.9 cm³/mol. The summed E-state index contributed by atoms with van der Waals surface area (Å²) in [5.74, 6) is 1.34. The van der Waals surface area contributed by atoms with Crippen molar-refractivity contribution in [3.8, 4) is 11.5 Å². The number of nitrogens with zero attached hydrogens (tertiary/aromatic N) is 2. The number of benzene rings is 1. The minimum atomic E-state index is 0.373. The van der Waals surface area contributed by atoms with Gasteiger partial charge < -0.3 is 19.6 Å².